The van der Waals surface area contributed by atoms with Gasteiger partial charge in [-0.25, -0.2) is 9.97 Å². The van der Waals surface area contributed by atoms with Crippen LogP contribution in [-0.4, -0.2) is 67.4 Å². The lowest BCUT2D eigenvalue weighted by Gasteiger charge is -2.38. The first-order valence-electron chi connectivity index (χ1n) is 12.2. The monoisotopic (exact) mass is 488 g/mol. The molecule has 3 heterocycles. The Morgan fingerprint density at radius 2 is 1.74 bits per heavy atom. The van der Waals surface area contributed by atoms with E-state index in [1.807, 2.05) is 30.3 Å². The van der Waals surface area contributed by atoms with Gasteiger partial charge in [0.05, 0.1) is 5.39 Å². The van der Waals surface area contributed by atoms with E-state index >= 15 is 0 Å². The summed E-state index contributed by atoms with van der Waals surface area (Å²) in [4.78, 5) is 15.2. The SMILES string of the molecule is COC(COc1ccccc1)CN(C)C1CCN(c2ncnc3scc(-c4ccccc4)c23)CC1. The van der Waals surface area contributed by atoms with E-state index in [1.165, 1.54) is 16.5 Å². The predicted octanol–water partition coefficient (Wildman–Crippen LogP) is 5.35. The number of thiophene rings is 1. The van der Waals surface area contributed by atoms with Crippen molar-refractivity contribution in [3.8, 4) is 16.9 Å². The van der Waals surface area contributed by atoms with Gasteiger partial charge in [-0.1, -0.05) is 48.5 Å². The van der Waals surface area contributed by atoms with Crippen molar-refractivity contribution in [1.82, 2.24) is 14.9 Å². The Morgan fingerprint density at radius 3 is 2.46 bits per heavy atom. The van der Waals surface area contributed by atoms with Crippen molar-refractivity contribution in [3.05, 3.63) is 72.4 Å². The number of hydrogen-bond donors (Lipinski definition) is 0. The minimum atomic E-state index is 0.0268. The van der Waals surface area contributed by atoms with Crippen LogP contribution >= 0.6 is 11.3 Å². The second-order valence-electron chi connectivity index (χ2n) is 9.03. The minimum Gasteiger partial charge on any atom is -0.491 e. The average Bonchev–Trinajstić information content (AvgIpc) is 3.36. The van der Waals surface area contributed by atoms with Gasteiger partial charge in [0.2, 0.25) is 0 Å². The van der Waals surface area contributed by atoms with E-state index in [4.69, 9.17) is 14.5 Å². The number of methoxy groups -OCH3 is 1. The molecular formula is C28H32N4O2S. The third-order valence-corrected chi connectivity index (χ3v) is 7.71. The summed E-state index contributed by atoms with van der Waals surface area (Å²) in [6, 6.07) is 21.0. The summed E-state index contributed by atoms with van der Waals surface area (Å²) in [5.41, 5.74) is 2.44. The number of anilines is 1. The zero-order chi connectivity index (χ0) is 24.0. The first-order valence-corrected chi connectivity index (χ1v) is 13.0. The summed E-state index contributed by atoms with van der Waals surface area (Å²) >= 11 is 1.69. The summed E-state index contributed by atoms with van der Waals surface area (Å²) in [6.45, 7) is 3.34. The lowest BCUT2D eigenvalue weighted by molar-refractivity contribution is 0.0232. The van der Waals surface area contributed by atoms with Crippen molar-refractivity contribution in [3.63, 3.8) is 0 Å². The fourth-order valence-corrected chi connectivity index (χ4v) is 5.73. The van der Waals surface area contributed by atoms with Gasteiger partial charge in [0.25, 0.3) is 0 Å². The summed E-state index contributed by atoms with van der Waals surface area (Å²) in [6.07, 6.45) is 3.90. The van der Waals surface area contributed by atoms with Gasteiger partial charge in [-0.05, 0) is 37.6 Å². The first kappa shape index (κ1) is 23.7. The molecule has 0 bridgehead atoms. The molecule has 0 amide bonds. The van der Waals surface area contributed by atoms with Gasteiger partial charge in [0.1, 0.15) is 35.4 Å². The lowest BCUT2D eigenvalue weighted by Crippen LogP contribution is -2.47. The number of fused-ring (bicyclic) bond motifs is 1. The molecule has 1 unspecified atom stereocenters. The van der Waals surface area contributed by atoms with Crippen LogP contribution in [0.4, 0.5) is 5.82 Å². The Labute approximate surface area is 211 Å². The fourth-order valence-electron chi connectivity index (χ4n) is 4.82. The average molecular weight is 489 g/mol. The number of para-hydroxylation sites is 1. The molecule has 0 N–H and O–H groups in total. The van der Waals surface area contributed by atoms with Gasteiger partial charge >= 0.3 is 0 Å². The fraction of sp³-hybridized carbons (Fsp3) is 0.357. The number of aromatic nitrogens is 2. The summed E-state index contributed by atoms with van der Waals surface area (Å²) in [5, 5.41) is 3.38. The molecule has 182 valence electrons. The van der Waals surface area contributed by atoms with Gasteiger partial charge in [-0.15, -0.1) is 11.3 Å². The van der Waals surface area contributed by atoms with E-state index in [2.05, 4.69) is 57.5 Å². The number of hydrogen-bond acceptors (Lipinski definition) is 7. The maximum atomic E-state index is 5.93. The third-order valence-electron chi connectivity index (χ3n) is 6.83. The number of likely N-dealkylation sites (N-methyl/N-ethyl adjacent to an activating group) is 1. The Hall–Kier alpha value is -3.00. The molecule has 1 aliphatic rings. The van der Waals surface area contributed by atoms with Crippen molar-refractivity contribution in [2.45, 2.75) is 25.0 Å². The van der Waals surface area contributed by atoms with E-state index in [9.17, 15) is 0 Å². The molecule has 0 radical (unpaired) electrons. The largest absolute Gasteiger partial charge is 0.491 e. The zero-order valence-corrected chi connectivity index (χ0v) is 21.2. The Morgan fingerprint density at radius 1 is 1.03 bits per heavy atom. The molecule has 0 spiro atoms. The van der Waals surface area contributed by atoms with Crippen LogP contribution in [0.5, 0.6) is 5.75 Å². The minimum absolute atomic E-state index is 0.0268. The van der Waals surface area contributed by atoms with Crippen LogP contribution in [0.3, 0.4) is 0 Å². The highest BCUT2D eigenvalue weighted by molar-refractivity contribution is 7.17. The number of ether oxygens (including phenoxy) is 2. The summed E-state index contributed by atoms with van der Waals surface area (Å²) < 4.78 is 11.7. The molecule has 2 aromatic carbocycles. The van der Waals surface area contributed by atoms with Crippen LogP contribution in [0.15, 0.2) is 72.4 Å². The second kappa shape index (κ2) is 11.2. The number of nitrogens with zero attached hydrogens (tertiary/aromatic N) is 4. The lowest BCUT2D eigenvalue weighted by atomic mass is 10.0. The van der Waals surface area contributed by atoms with Gasteiger partial charge in [-0.2, -0.15) is 0 Å². The molecule has 7 heteroatoms. The number of benzene rings is 2. The summed E-state index contributed by atoms with van der Waals surface area (Å²) in [7, 11) is 3.96. The van der Waals surface area contributed by atoms with Gasteiger partial charge < -0.3 is 19.3 Å². The van der Waals surface area contributed by atoms with Crippen LogP contribution in [0.25, 0.3) is 21.3 Å². The van der Waals surface area contributed by atoms with E-state index < -0.39 is 0 Å². The van der Waals surface area contributed by atoms with E-state index in [-0.39, 0.29) is 6.10 Å². The van der Waals surface area contributed by atoms with Gasteiger partial charge in [0, 0.05) is 43.7 Å². The Balaban J connectivity index is 1.22. The molecular weight excluding hydrogens is 456 g/mol. The maximum absolute atomic E-state index is 5.93. The normalized spacial score (nSPS) is 15.6. The molecule has 2 aromatic heterocycles. The quantitative estimate of drug-likeness (QED) is 0.316. The maximum Gasteiger partial charge on any atom is 0.141 e. The molecule has 6 nitrogen and oxygen atoms in total. The van der Waals surface area contributed by atoms with Crippen LogP contribution in [0, 0.1) is 0 Å². The van der Waals surface area contributed by atoms with E-state index in [0.29, 0.717) is 12.6 Å². The van der Waals surface area contributed by atoms with Crippen LogP contribution < -0.4 is 9.64 Å². The molecule has 1 atom stereocenters. The highest BCUT2D eigenvalue weighted by atomic mass is 32.1. The number of piperidine rings is 1. The highest BCUT2D eigenvalue weighted by Gasteiger charge is 2.27. The molecule has 1 fully saturated rings. The van der Waals surface area contributed by atoms with Gasteiger partial charge in [0.15, 0.2) is 0 Å². The first-order chi connectivity index (χ1) is 17.2. The predicted molar refractivity (Wildman–Crippen MR) is 143 cm³/mol. The molecule has 1 saturated heterocycles. The van der Waals surface area contributed by atoms with Crippen molar-refractivity contribution in [2.75, 3.05) is 45.3 Å². The van der Waals surface area contributed by atoms with E-state index in [1.54, 1.807) is 24.8 Å². The molecule has 0 saturated carbocycles. The van der Waals surface area contributed by atoms with Crippen molar-refractivity contribution < 1.29 is 9.47 Å². The summed E-state index contributed by atoms with van der Waals surface area (Å²) in [5.74, 6) is 1.94. The standard InChI is InChI=1S/C28H32N4O2S/c1-31(17-24(33-2)18-34-23-11-7-4-8-12-23)22-13-15-32(16-14-22)27-26-25(21-9-5-3-6-10-21)19-35-28(26)30-20-29-27/h3-12,19-20,22,24H,13-18H2,1-2H3. The third kappa shape index (κ3) is 5.48. The smallest absolute Gasteiger partial charge is 0.141 e. The Bertz CT molecular complexity index is 1210. The molecule has 35 heavy (non-hydrogen) atoms. The topological polar surface area (TPSA) is 50.7 Å². The zero-order valence-electron chi connectivity index (χ0n) is 20.3. The second-order valence-corrected chi connectivity index (χ2v) is 9.89. The molecule has 5 rings (SSSR count). The van der Waals surface area contributed by atoms with Crippen LogP contribution in [-0.2, 0) is 4.74 Å². The van der Waals surface area contributed by atoms with Crippen molar-refractivity contribution in [1.29, 1.82) is 0 Å². The van der Waals surface area contributed by atoms with Crippen LogP contribution in [0.2, 0.25) is 0 Å². The molecule has 1 aliphatic heterocycles. The molecule has 0 aliphatic carbocycles. The highest BCUT2D eigenvalue weighted by Crippen LogP contribution is 2.38. The van der Waals surface area contributed by atoms with E-state index in [0.717, 1.165) is 48.9 Å². The van der Waals surface area contributed by atoms with Gasteiger partial charge in [-0.3, -0.25) is 0 Å². The number of rotatable bonds is 9. The van der Waals surface area contributed by atoms with Crippen molar-refractivity contribution >= 4 is 27.4 Å². The van der Waals surface area contributed by atoms with Crippen molar-refractivity contribution in [2.24, 2.45) is 0 Å². The molecule has 4 aromatic rings. The Kier molecular flexibility index (Phi) is 7.57. The van der Waals surface area contributed by atoms with Crippen LogP contribution in [0.1, 0.15) is 12.8 Å².